The first kappa shape index (κ1) is 12.1. The predicted molar refractivity (Wildman–Crippen MR) is 62.4 cm³/mol. The third-order valence-corrected chi connectivity index (χ3v) is 3.21. The quantitative estimate of drug-likeness (QED) is 0.924. The highest BCUT2D eigenvalue weighted by molar-refractivity contribution is 9.10. The maximum atomic E-state index is 13.4. The first-order valence-electron chi connectivity index (χ1n) is 4.82. The lowest BCUT2D eigenvalue weighted by molar-refractivity contribution is 0.213. The van der Waals surface area contributed by atoms with Crippen LogP contribution in [0, 0.1) is 11.6 Å². The number of aliphatic hydroxyl groups is 1. The van der Waals surface area contributed by atoms with Gasteiger partial charge in [0.15, 0.2) is 0 Å². The van der Waals surface area contributed by atoms with Gasteiger partial charge >= 0.3 is 0 Å². The van der Waals surface area contributed by atoms with Crippen LogP contribution in [0.15, 0.2) is 41.1 Å². The van der Waals surface area contributed by atoms with E-state index in [9.17, 15) is 13.9 Å². The zero-order chi connectivity index (χ0) is 12.4. The van der Waals surface area contributed by atoms with Crippen LogP contribution in [0.1, 0.15) is 17.2 Å². The Morgan fingerprint density at radius 2 is 1.88 bits per heavy atom. The lowest BCUT2D eigenvalue weighted by atomic mass is 10.0. The SMILES string of the molecule is OC(c1ccncc1F)c1cccc(F)c1Br. The normalized spacial score (nSPS) is 12.5. The van der Waals surface area contributed by atoms with Crippen LogP contribution in [0.3, 0.4) is 0 Å². The Bertz CT molecular complexity index is 548. The van der Waals surface area contributed by atoms with Crippen molar-refractivity contribution in [1.82, 2.24) is 4.98 Å². The molecule has 17 heavy (non-hydrogen) atoms. The molecule has 0 bridgehead atoms. The fourth-order valence-corrected chi connectivity index (χ4v) is 1.99. The minimum absolute atomic E-state index is 0.0614. The van der Waals surface area contributed by atoms with Crippen LogP contribution >= 0.6 is 15.9 Å². The maximum Gasteiger partial charge on any atom is 0.147 e. The van der Waals surface area contributed by atoms with E-state index in [1.54, 1.807) is 0 Å². The van der Waals surface area contributed by atoms with Crippen LogP contribution in [-0.2, 0) is 0 Å². The van der Waals surface area contributed by atoms with Gasteiger partial charge in [0.05, 0.1) is 10.7 Å². The third-order valence-electron chi connectivity index (χ3n) is 2.37. The minimum atomic E-state index is -1.23. The standard InChI is InChI=1S/C12H8BrF2NO/c13-11-8(2-1-3-9(11)14)12(17)7-4-5-16-6-10(7)15/h1-6,12,17H. The molecule has 0 saturated carbocycles. The molecule has 2 nitrogen and oxygen atoms in total. The molecular weight excluding hydrogens is 292 g/mol. The molecule has 0 saturated heterocycles. The summed E-state index contributed by atoms with van der Waals surface area (Å²) in [5.74, 6) is -1.13. The number of aliphatic hydroxyl groups excluding tert-OH is 1. The number of rotatable bonds is 2. The molecule has 2 aromatic rings. The molecule has 1 N–H and O–H groups in total. The van der Waals surface area contributed by atoms with E-state index < -0.39 is 17.7 Å². The van der Waals surface area contributed by atoms with Gasteiger partial charge in [0.1, 0.15) is 17.7 Å². The molecule has 2 rings (SSSR count). The van der Waals surface area contributed by atoms with Gasteiger partial charge in [-0.3, -0.25) is 4.98 Å². The van der Waals surface area contributed by atoms with Gasteiger partial charge in [-0.25, -0.2) is 8.78 Å². The summed E-state index contributed by atoms with van der Waals surface area (Å²) < 4.78 is 26.8. The second-order valence-electron chi connectivity index (χ2n) is 3.44. The number of nitrogens with zero attached hydrogens (tertiary/aromatic N) is 1. The summed E-state index contributed by atoms with van der Waals surface area (Å²) in [7, 11) is 0. The molecule has 0 aliphatic rings. The number of benzene rings is 1. The van der Waals surface area contributed by atoms with Crippen molar-refractivity contribution >= 4 is 15.9 Å². The van der Waals surface area contributed by atoms with E-state index in [1.165, 1.54) is 30.5 Å². The molecule has 5 heteroatoms. The topological polar surface area (TPSA) is 33.1 Å². The van der Waals surface area contributed by atoms with Crippen molar-refractivity contribution in [1.29, 1.82) is 0 Å². The Kier molecular flexibility index (Phi) is 3.49. The van der Waals surface area contributed by atoms with Crippen molar-refractivity contribution in [3.8, 4) is 0 Å². The van der Waals surface area contributed by atoms with E-state index in [0.717, 1.165) is 6.20 Å². The van der Waals surface area contributed by atoms with Crippen molar-refractivity contribution in [2.45, 2.75) is 6.10 Å². The molecule has 88 valence electrons. The highest BCUT2D eigenvalue weighted by Crippen LogP contribution is 2.30. The van der Waals surface area contributed by atoms with E-state index in [-0.39, 0.29) is 15.6 Å². The highest BCUT2D eigenvalue weighted by Gasteiger charge is 2.18. The van der Waals surface area contributed by atoms with Gasteiger partial charge in [0.2, 0.25) is 0 Å². The van der Waals surface area contributed by atoms with Gasteiger partial charge in [-0.1, -0.05) is 12.1 Å². The number of hydrogen-bond donors (Lipinski definition) is 1. The highest BCUT2D eigenvalue weighted by atomic mass is 79.9. The molecule has 1 aromatic carbocycles. The van der Waals surface area contributed by atoms with E-state index in [4.69, 9.17) is 0 Å². The Balaban J connectivity index is 2.48. The van der Waals surface area contributed by atoms with Crippen LogP contribution < -0.4 is 0 Å². The zero-order valence-electron chi connectivity index (χ0n) is 8.57. The average molecular weight is 300 g/mol. The van der Waals surface area contributed by atoms with Gasteiger partial charge in [0, 0.05) is 17.3 Å². The first-order valence-corrected chi connectivity index (χ1v) is 5.62. The van der Waals surface area contributed by atoms with Crippen molar-refractivity contribution in [2.24, 2.45) is 0 Å². The Hall–Kier alpha value is -1.33. The monoisotopic (exact) mass is 299 g/mol. The predicted octanol–water partition coefficient (Wildman–Crippen LogP) is 3.20. The van der Waals surface area contributed by atoms with Gasteiger partial charge < -0.3 is 5.11 Å². The van der Waals surface area contributed by atoms with Gasteiger partial charge in [-0.15, -0.1) is 0 Å². The first-order chi connectivity index (χ1) is 8.11. The molecule has 1 atom stereocenters. The maximum absolute atomic E-state index is 13.4. The van der Waals surface area contributed by atoms with Crippen molar-refractivity contribution < 1.29 is 13.9 Å². The second kappa shape index (κ2) is 4.89. The molecule has 1 heterocycles. The van der Waals surface area contributed by atoms with E-state index in [2.05, 4.69) is 20.9 Å². The van der Waals surface area contributed by atoms with Crippen molar-refractivity contribution in [3.05, 3.63) is 63.9 Å². The van der Waals surface area contributed by atoms with E-state index >= 15 is 0 Å². The molecule has 0 aliphatic carbocycles. The number of aromatic nitrogens is 1. The molecule has 0 amide bonds. The molecular formula is C12H8BrF2NO. The number of hydrogen-bond acceptors (Lipinski definition) is 2. The summed E-state index contributed by atoms with van der Waals surface area (Å²) in [6.45, 7) is 0. The van der Waals surface area contributed by atoms with Crippen LogP contribution in [0.5, 0.6) is 0 Å². The fraction of sp³-hybridized carbons (Fsp3) is 0.0833. The summed E-state index contributed by atoms with van der Waals surface area (Å²) in [6.07, 6.45) is 1.14. The molecule has 0 spiro atoms. The molecule has 0 aliphatic heterocycles. The summed E-state index contributed by atoms with van der Waals surface area (Å²) in [4.78, 5) is 3.59. The van der Waals surface area contributed by atoms with Crippen LogP contribution in [0.4, 0.5) is 8.78 Å². The third kappa shape index (κ3) is 2.35. The molecule has 0 fully saturated rings. The summed E-state index contributed by atoms with van der Waals surface area (Å²) in [6, 6.07) is 5.59. The van der Waals surface area contributed by atoms with Crippen LogP contribution in [-0.4, -0.2) is 10.1 Å². The van der Waals surface area contributed by atoms with E-state index in [1.807, 2.05) is 0 Å². The fourth-order valence-electron chi connectivity index (χ4n) is 1.51. The second-order valence-corrected chi connectivity index (χ2v) is 4.24. The number of halogens is 3. The van der Waals surface area contributed by atoms with Crippen LogP contribution in [0.2, 0.25) is 0 Å². The van der Waals surface area contributed by atoms with Crippen molar-refractivity contribution in [3.63, 3.8) is 0 Å². The Morgan fingerprint density at radius 1 is 1.12 bits per heavy atom. The van der Waals surface area contributed by atoms with Gasteiger partial charge in [0.25, 0.3) is 0 Å². The number of pyridine rings is 1. The largest absolute Gasteiger partial charge is 0.384 e. The summed E-state index contributed by atoms with van der Waals surface area (Å²) in [5, 5.41) is 10.0. The van der Waals surface area contributed by atoms with Crippen LogP contribution in [0.25, 0.3) is 0 Å². The Labute approximate surface area is 105 Å². The molecule has 0 radical (unpaired) electrons. The average Bonchev–Trinajstić information content (AvgIpc) is 2.32. The summed E-state index contributed by atoms with van der Waals surface area (Å²) >= 11 is 3.03. The lowest BCUT2D eigenvalue weighted by Crippen LogP contribution is -2.04. The Morgan fingerprint density at radius 3 is 2.59 bits per heavy atom. The minimum Gasteiger partial charge on any atom is -0.384 e. The molecule has 1 unspecified atom stereocenters. The van der Waals surface area contributed by atoms with Crippen molar-refractivity contribution in [2.75, 3.05) is 0 Å². The molecule has 1 aromatic heterocycles. The smallest absolute Gasteiger partial charge is 0.147 e. The van der Waals surface area contributed by atoms with E-state index in [0.29, 0.717) is 0 Å². The van der Waals surface area contributed by atoms with Gasteiger partial charge in [-0.05, 0) is 28.1 Å². The lowest BCUT2D eigenvalue weighted by Gasteiger charge is -2.13. The summed E-state index contributed by atoms with van der Waals surface area (Å²) in [5.41, 5.74) is 0.335. The van der Waals surface area contributed by atoms with Gasteiger partial charge in [-0.2, -0.15) is 0 Å². The zero-order valence-corrected chi connectivity index (χ0v) is 10.2.